The summed E-state index contributed by atoms with van der Waals surface area (Å²) in [6, 6.07) is 4.78. The molecule has 0 unspecified atom stereocenters. The molecule has 1 aromatic carbocycles. The first-order valence-corrected chi connectivity index (χ1v) is 7.18. The molecule has 5 nitrogen and oxygen atoms in total. The second-order valence-corrected chi connectivity index (χ2v) is 6.58. The lowest BCUT2D eigenvalue weighted by atomic mass is 10.0. The summed E-state index contributed by atoms with van der Waals surface area (Å²) in [7, 11) is -3.63. The van der Waals surface area contributed by atoms with E-state index in [-0.39, 0.29) is 11.5 Å². The summed E-state index contributed by atoms with van der Waals surface area (Å²) in [4.78, 5) is 0.175. The standard InChI is InChI=1S/C12H20N2O3S/c1-9-10(13)5-4-6-11(9)18(16,17)14-12(2,3)7-8-15/h4-6,14-15H,7-8,13H2,1-3H3. The minimum absolute atomic E-state index is 0.0779. The van der Waals surface area contributed by atoms with Crippen LogP contribution in [-0.2, 0) is 10.0 Å². The van der Waals surface area contributed by atoms with Crippen LogP contribution in [-0.4, -0.2) is 25.7 Å². The quantitative estimate of drug-likeness (QED) is 0.698. The fourth-order valence-electron chi connectivity index (χ4n) is 1.67. The van der Waals surface area contributed by atoms with E-state index in [2.05, 4.69) is 4.72 Å². The predicted molar refractivity (Wildman–Crippen MR) is 71.7 cm³/mol. The van der Waals surface area contributed by atoms with Gasteiger partial charge in [-0.05, 0) is 44.9 Å². The van der Waals surface area contributed by atoms with Gasteiger partial charge in [-0.25, -0.2) is 13.1 Å². The molecule has 0 saturated heterocycles. The van der Waals surface area contributed by atoms with Crippen LogP contribution in [0, 0.1) is 6.92 Å². The van der Waals surface area contributed by atoms with E-state index in [1.807, 2.05) is 0 Å². The Hall–Kier alpha value is -1.11. The van der Waals surface area contributed by atoms with Crippen LogP contribution >= 0.6 is 0 Å². The molecular weight excluding hydrogens is 252 g/mol. The molecule has 0 aliphatic heterocycles. The Bertz CT molecular complexity index is 524. The van der Waals surface area contributed by atoms with Crippen molar-refractivity contribution in [2.45, 2.75) is 37.6 Å². The second-order valence-electron chi connectivity index (χ2n) is 4.93. The Morgan fingerprint density at radius 2 is 2.00 bits per heavy atom. The van der Waals surface area contributed by atoms with E-state index in [0.717, 1.165) is 0 Å². The average Bonchev–Trinajstić information content (AvgIpc) is 2.19. The van der Waals surface area contributed by atoms with Crippen LogP contribution in [0.25, 0.3) is 0 Å². The van der Waals surface area contributed by atoms with Gasteiger partial charge in [0.25, 0.3) is 0 Å². The van der Waals surface area contributed by atoms with Crippen molar-refractivity contribution < 1.29 is 13.5 Å². The van der Waals surface area contributed by atoms with Crippen LogP contribution in [0.4, 0.5) is 5.69 Å². The van der Waals surface area contributed by atoms with E-state index in [0.29, 0.717) is 17.7 Å². The molecule has 0 heterocycles. The molecule has 0 amide bonds. The maximum Gasteiger partial charge on any atom is 0.241 e. The second kappa shape index (κ2) is 5.26. The molecular formula is C12H20N2O3S. The molecule has 0 saturated carbocycles. The van der Waals surface area contributed by atoms with Crippen LogP contribution in [0.15, 0.2) is 23.1 Å². The van der Waals surface area contributed by atoms with Crippen molar-refractivity contribution in [2.75, 3.05) is 12.3 Å². The van der Waals surface area contributed by atoms with Gasteiger partial charge in [0.15, 0.2) is 0 Å². The topological polar surface area (TPSA) is 92.4 Å². The van der Waals surface area contributed by atoms with E-state index in [1.54, 1.807) is 32.9 Å². The Balaban J connectivity index is 3.11. The van der Waals surface area contributed by atoms with E-state index in [9.17, 15) is 8.42 Å². The first-order chi connectivity index (χ1) is 8.19. The maximum atomic E-state index is 12.2. The maximum absolute atomic E-state index is 12.2. The number of benzene rings is 1. The fourth-order valence-corrected chi connectivity index (χ4v) is 3.39. The molecule has 0 aliphatic carbocycles. The summed E-state index contributed by atoms with van der Waals surface area (Å²) in [6.07, 6.45) is 0.341. The van der Waals surface area contributed by atoms with Gasteiger partial charge in [-0.3, -0.25) is 0 Å². The fraction of sp³-hybridized carbons (Fsp3) is 0.500. The molecule has 6 heteroatoms. The molecule has 102 valence electrons. The molecule has 18 heavy (non-hydrogen) atoms. The summed E-state index contributed by atoms with van der Waals surface area (Å²) in [6.45, 7) is 5.04. The van der Waals surface area contributed by atoms with Crippen LogP contribution in [0.2, 0.25) is 0 Å². The lowest BCUT2D eigenvalue weighted by Gasteiger charge is -2.25. The van der Waals surface area contributed by atoms with Gasteiger partial charge in [0, 0.05) is 17.8 Å². The lowest BCUT2D eigenvalue weighted by molar-refractivity contribution is 0.245. The summed E-state index contributed by atoms with van der Waals surface area (Å²) >= 11 is 0. The highest BCUT2D eigenvalue weighted by molar-refractivity contribution is 7.89. The van der Waals surface area contributed by atoms with Crippen LogP contribution in [0.5, 0.6) is 0 Å². The minimum Gasteiger partial charge on any atom is -0.398 e. The molecule has 1 aromatic rings. The van der Waals surface area contributed by atoms with Crippen molar-refractivity contribution in [3.63, 3.8) is 0 Å². The van der Waals surface area contributed by atoms with Crippen molar-refractivity contribution >= 4 is 15.7 Å². The van der Waals surface area contributed by atoms with E-state index >= 15 is 0 Å². The van der Waals surface area contributed by atoms with Crippen molar-refractivity contribution in [3.8, 4) is 0 Å². The molecule has 4 N–H and O–H groups in total. The summed E-state index contributed by atoms with van der Waals surface area (Å²) < 4.78 is 27.1. The molecule has 0 fully saturated rings. The Morgan fingerprint density at radius 1 is 1.39 bits per heavy atom. The number of anilines is 1. The van der Waals surface area contributed by atoms with E-state index < -0.39 is 15.6 Å². The third kappa shape index (κ3) is 3.44. The molecule has 0 aliphatic rings. The first-order valence-electron chi connectivity index (χ1n) is 5.69. The third-order valence-electron chi connectivity index (χ3n) is 2.76. The largest absolute Gasteiger partial charge is 0.398 e. The Kier molecular flexibility index (Phi) is 4.37. The van der Waals surface area contributed by atoms with E-state index in [1.165, 1.54) is 6.07 Å². The van der Waals surface area contributed by atoms with Crippen LogP contribution < -0.4 is 10.5 Å². The highest BCUT2D eigenvalue weighted by Gasteiger charge is 2.27. The van der Waals surface area contributed by atoms with Gasteiger partial charge < -0.3 is 10.8 Å². The first kappa shape index (κ1) is 14.9. The highest BCUT2D eigenvalue weighted by Crippen LogP contribution is 2.22. The van der Waals surface area contributed by atoms with Crippen molar-refractivity contribution in [1.82, 2.24) is 4.72 Å². The van der Waals surface area contributed by atoms with Gasteiger partial charge in [0.1, 0.15) is 0 Å². The van der Waals surface area contributed by atoms with Crippen molar-refractivity contribution in [1.29, 1.82) is 0 Å². The van der Waals surface area contributed by atoms with Gasteiger partial charge in [-0.1, -0.05) is 6.07 Å². The van der Waals surface area contributed by atoms with Crippen LogP contribution in [0.1, 0.15) is 25.8 Å². The Labute approximate surface area is 108 Å². The Morgan fingerprint density at radius 3 is 2.56 bits per heavy atom. The normalized spacial score (nSPS) is 12.7. The summed E-state index contributed by atoms with van der Waals surface area (Å²) in [5.41, 5.74) is 5.98. The zero-order chi connectivity index (χ0) is 14.0. The number of aliphatic hydroxyl groups is 1. The molecule has 0 bridgehead atoms. The van der Waals surface area contributed by atoms with Gasteiger partial charge in [0.05, 0.1) is 4.90 Å². The summed E-state index contributed by atoms with van der Waals surface area (Å²) in [5.74, 6) is 0. The van der Waals surface area contributed by atoms with Gasteiger partial charge >= 0.3 is 0 Å². The number of nitrogens with one attached hydrogen (secondary N) is 1. The predicted octanol–water partition coefficient (Wildman–Crippen LogP) is 1.02. The number of aliphatic hydroxyl groups excluding tert-OH is 1. The van der Waals surface area contributed by atoms with Gasteiger partial charge in [0.2, 0.25) is 10.0 Å². The number of hydrogen-bond acceptors (Lipinski definition) is 4. The molecule has 0 radical (unpaired) electrons. The zero-order valence-electron chi connectivity index (χ0n) is 10.9. The SMILES string of the molecule is Cc1c(N)cccc1S(=O)(=O)NC(C)(C)CCO. The minimum atomic E-state index is -3.63. The van der Waals surface area contributed by atoms with Crippen molar-refractivity contribution in [3.05, 3.63) is 23.8 Å². The zero-order valence-corrected chi connectivity index (χ0v) is 11.7. The summed E-state index contributed by atoms with van der Waals surface area (Å²) in [5, 5.41) is 8.91. The smallest absolute Gasteiger partial charge is 0.241 e. The molecule has 0 atom stereocenters. The number of hydrogen-bond donors (Lipinski definition) is 3. The molecule has 0 spiro atoms. The number of nitrogen functional groups attached to an aromatic ring is 1. The number of sulfonamides is 1. The molecule has 1 rings (SSSR count). The van der Waals surface area contributed by atoms with Crippen LogP contribution in [0.3, 0.4) is 0 Å². The van der Waals surface area contributed by atoms with Crippen molar-refractivity contribution in [2.24, 2.45) is 0 Å². The average molecular weight is 272 g/mol. The third-order valence-corrected chi connectivity index (χ3v) is 4.61. The van der Waals surface area contributed by atoms with Gasteiger partial charge in [-0.15, -0.1) is 0 Å². The lowest BCUT2D eigenvalue weighted by Crippen LogP contribution is -2.44. The van der Waals surface area contributed by atoms with Gasteiger partial charge in [-0.2, -0.15) is 0 Å². The number of nitrogens with two attached hydrogens (primary N) is 1. The monoisotopic (exact) mass is 272 g/mol. The molecule has 0 aromatic heterocycles. The van der Waals surface area contributed by atoms with E-state index in [4.69, 9.17) is 10.8 Å². The number of rotatable bonds is 5. The highest BCUT2D eigenvalue weighted by atomic mass is 32.2.